The predicted octanol–water partition coefficient (Wildman–Crippen LogP) is -0.291. The summed E-state index contributed by atoms with van der Waals surface area (Å²) in [5.41, 5.74) is 14.6. The second kappa shape index (κ2) is 49.4. The third kappa shape index (κ3) is 29.2. The number of nitrogens with zero attached hydrogens (tertiary/aromatic N) is 6. The zero-order chi connectivity index (χ0) is 93.4. The second-order valence-electron chi connectivity index (χ2n) is 33.0. The van der Waals surface area contributed by atoms with Crippen LogP contribution in [0, 0.1) is 17.2 Å². The summed E-state index contributed by atoms with van der Waals surface area (Å²) in [6, 6.07) is 7.38. The highest BCUT2D eigenvalue weighted by molar-refractivity contribution is 8.00. The van der Waals surface area contributed by atoms with Crippen molar-refractivity contribution in [1.29, 1.82) is 5.41 Å². The van der Waals surface area contributed by atoms with Crippen molar-refractivity contribution in [2.45, 2.75) is 204 Å². The molecule has 694 valence electrons. The van der Waals surface area contributed by atoms with E-state index in [1.807, 2.05) is 26.0 Å². The quantitative estimate of drug-likeness (QED) is 0.0210. The van der Waals surface area contributed by atoms with Crippen LogP contribution in [0.25, 0.3) is 21.8 Å². The number of fused-ring (bicyclic) bond motifs is 3. The van der Waals surface area contributed by atoms with Crippen molar-refractivity contribution in [3.05, 3.63) is 126 Å². The Morgan fingerprint density at radius 1 is 0.594 bits per heavy atom. The van der Waals surface area contributed by atoms with E-state index in [0.717, 1.165) is 21.6 Å². The normalized spacial score (nSPS) is 23.4. The maximum Gasteiger partial charge on any atom is 0.245 e. The molecule has 128 heavy (non-hydrogen) atoms. The molecular weight excluding hydrogens is 1670 g/mol. The molecule has 0 bridgehead atoms. The van der Waals surface area contributed by atoms with E-state index >= 15 is 24.0 Å². The number of H-pyrrole nitrogens is 3. The van der Waals surface area contributed by atoms with Crippen LogP contribution in [0.15, 0.2) is 104 Å². The zero-order valence-electron chi connectivity index (χ0n) is 74.0. The first kappa shape index (κ1) is 101. The summed E-state index contributed by atoms with van der Waals surface area (Å²) >= 11 is 0.830. The molecule has 0 unspecified atom stereocenters. The van der Waals surface area contributed by atoms with Crippen LogP contribution >= 0.6 is 11.8 Å². The van der Waals surface area contributed by atoms with Crippen molar-refractivity contribution in [2.75, 3.05) is 79.0 Å². The largest absolute Gasteiger partial charge is 0.394 e. The van der Waals surface area contributed by atoms with Crippen molar-refractivity contribution in [3.63, 3.8) is 0 Å². The number of nitrogens with two attached hydrogens (primary N) is 2. The van der Waals surface area contributed by atoms with Gasteiger partial charge in [0.2, 0.25) is 88.6 Å². The summed E-state index contributed by atoms with van der Waals surface area (Å²) in [6.45, 7) is 5.85. The molecule has 6 aromatic rings. The van der Waals surface area contributed by atoms with E-state index in [-0.39, 0.29) is 89.0 Å². The van der Waals surface area contributed by atoms with Gasteiger partial charge in [-0.3, -0.25) is 82.1 Å². The molecule has 0 saturated carbocycles. The van der Waals surface area contributed by atoms with Gasteiger partial charge in [-0.25, -0.2) is 4.98 Å². The van der Waals surface area contributed by atoms with Gasteiger partial charge in [0.05, 0.1) is 38.3 Å². The third-order valence-electron chi connectivity index (χ3n) is 22.8. The SMILES string of the molecule is CCCC[C@H]1C(=O)N(C)[C@@H](CCCC)C(=O)N[C@@H](CCCNC(=N)N)C(=O)N[C@H](C(=O)NCC(N)=O)CSCC(=O)N[C@@H](Cc2ccccc2)C(=O)N(C)[C@@H](C)C(=O)NCC(=O)N2CCC[C@H]2C(=O)N[C@@H](Cc2cnc[nH]2)C(=O)N[C@@H](CC(C)C)C(=O)N(C)CC(=O)C[C@@H](Cc2c[nH]c3ccccc23)C(=O)N[C@@H](CO)C(=O)N[C@@H](Cc2c[nH]c3ccccc23)C(=O)N1C. The number of aliphatic hydroxyl groups is 1. The minimum absolute atomic E-state index is 0.0165. The van der Waals surface area contributed by atoms with E-state index in [4.69, 9.17) is 16.9 Å². The van der Waals surface area contributed by atoms with Crippen LogP contribution in [0.1, 0.15) is 134 Å². The molecule has 5 heterocycles. The lowest BCUT2D eigenvalue weighted by atomic mass is 9.92. The first-order chi connectivity index (χ1) is 61.1. The third-order valence-corrected chi connectivity index (χ3v) is 23.9. The summed E-state index contributed by atoms with van der Waals surface area (Å²) in [4.78, 5) is 253. The van der Waals surface area contributed by atoms with Crippen LogP contribution in [0.5, 0.6) is 0 Å². The number of primary amides is 1. The average molecular weight is 1790 g/mol. The van der Waals surface area contributed by atoms with E-state index in [1.165, 1.54) is 62.3 Å². The van der Waals surface area contributed by atoms with Gasteiger partial charge in [-0.2, -0.15) is 0 Å². The molecular formula is C88H124N22O17S. The molecule has 2 aliphatic rings. The molecule has 3 aromatic carbocycles. The van der Waals surface area contributed by atoms with Gasteiger partial charge in [0.1, 0.15) is 66.5 Å². The van der Waals surface area contributed by atoms with Gasteiger partial charge >= 0.3 is 0 Å². The number of para-hydroxylation sites is 2. The Kier molecular flexibility index (Phi) is 38.8. The molecule has 0 spiro atoms. The van der Waals surface area contributed by atoms with Crippen LogP contribution < -0.4 is 64.6 Å². The summed E-state index contributed by atoms with van der Waals surface area (Å²) in [5.74, 6) is -15.8. The summed E-state index contributed by atoms with van der Waals surface area (Å²) in [5, 5.41) is 47.1. The number of carbonyl (C=O) groups excluding carboxylic acids is 16. The summed E-state index contributed by atoms with van der Waals surface area (Å²) < 4.78 is 0. The Morgan fingerprint density at radius 3 is 1.80 bits per heavy atom. The predicted molar refractivity (Wildman–Crippen MR) is 478 cm³/mol. The highest BCUT2D eigenvalue weighted by Gasteiger charge is 2.43. The van der Waals surface area contributed by atoms with Crippen LogP contribution in [-0.2, 0) is 102 Å². The molecule has 12 atom stereocenters. The first-order valence-electron chi connectivity index (χ1n) is 43.3. The molecule has 0 aliphatic carbocycles. The van der Waals surface area contributed by atoms with E-state index in [1.54, 1.807) is 93.0 Å². The average Bonchev–Trinajstić information content (AvgIpc) is 1.65. The highest BCUT2D eigenvalue weighted by atomic mass is 32.2. The van der Waals surface area contributed by atoms with Crippen LogP contribution in [0.4, 0.5) is 0 Å². The molecule has 40 heteroatoms. The number of hydrogen-bond donors (Lipinski definition) is 17. The van der Waals surface area contributed by atoms with Gasteiger partial charge in [-0.15, -0.1) is 11.8 Å². The number of carbonyl (C=O) groups is 16. The number of amides is 15. The first-order valence-corrected chi connectivity index (χ1v) is 44.5. The number of guanidine groups is 1. The number of ketones is 1. The standard InChI is InChI=1S/C88H124N22O17S/c1-10-12-30-70-82(122)100-63(29-21-33-93-88(90)91)79(119)105-69(78(118)96-44-73(89)113)48-128-49-74(114)99-66(36-53-23-15-14-16-24-53)85(125)107(7)52(5)76(116)97-45-75(115)110-34-22-32-71(110)83(123)101-64(40-57-43-92-50-98-57)80(120)102-65(35-51(3)4)84(124)106(6)46-58(112)38-54(37-55-41-94-61-27-19-17-25-59(55)61)77(117)104-68(47-111)81(121)103-67(39-56-42-95-62-28-20-18-26-60(56)62)86(126)109(9)72(31-13-11-2)87(127)108(70)8/h14-20,23-28,41-43,50-52,54,63-72,94-95,111H,10-13,21-22,29-40,44-49H2,1-9H3,(H2,89,113)(H,92,98)(H,96,118)(H,97,116)(H,99,114)(H,100,122)(H,101,123)(H,102,120)(H,103,121)(H,104,117)(H,105,119)(H4,90,91,93)/t52-,54+,63-,64-,65-,66-,67-,68-,69-,70-,71-,72-/m0/s1. The van der Waals surface area contributed by atoms with Crippen LogP contribution in [0.2, 0.25) is 0 Å². The highest BCUT2D eigenvalue weighted by Crippen LogP contribution is 2.27. The molecule has 0 radical (unpaired) electrons. The van der Waals surface area contributed by atoms with Crippen molar-refractivity contribution < 1.29 is 81.8 Å². The number of nitrogens with one attached hydrogen (secondary N) is 14. The number of likely N-dealkylation sites (N-methyl/N-ethyl adjacent to an activating group) is 4. The Balaban J connectivity index is 1.16. The minimum atomic E-state index is -1.79. The lowest BCUT2D eigenvalue weighted by molar-refractivity contribution is -0.149. The second-order valence-corrected chi connectivity index (χ2v) is 34.0. The molecule has 8 rings (SSSR count). The fraction of sp³-hybridized carbons (Fsp3) is 0.523. The van der Waals surface area contributed by atoms with E-state index in [2.05, 4.69) is 73.1 Å². The number of benzene rings is 3. The van der Waals surface area contributed by atoms with Gasteiger partial charge in [0, 0.05) is 125 Å². The molecule has 2 fully saturated rings. The van der Waals surface area contributed by atoms with Crippen LogP contribution in [-0.4, -0.2) is 295 Å². The van der Waals surface area contributed by atoms with Crippen molar-refractivity contribution >= 4 is 134 Å². The minimum Gasteiger partial charge on any atom is -0.394 e. The number of aliphatic hydroxyl groups excluding tert-OH is 1. The number of thioether (sulfide) groups is 1. The molecule has 19 N–H and O–H groups in total. The van der Waals surface area contributed by atoms with Gasteiger partial charge < -0.3 is 109 Å². The number of aromatic nitrogens is 4. The van der Waals surface area contributed by atoms with Crippen LogP contribution in [0.3, 0.4) is 0 Å². The Labute approximate surface area is 747 Å². The Hall–Kier alpha value is -12.8. The summed E-state index contributed by atoms with van der Waals surface area (Å²) in [6.07, 6.45) is 7.16. The zero-order valence-corrected chi connectivity index (χ0v) is 74.8. The number of imidazole rings is 1. The molecule has 39 nitrogen and oxygen atoms in total. The molecule has 2 saturated heterocycles. The number of rotatable bonds is 24. The maximum atomic E-state index is 15.7. The molecule has 3 aromatic heterocycles. The van der Waals surface area contributed by atoms with E-state index < -0.39 is 211 Å². The Bertz CT molecular complexity index is 4870. The fourth-order valence-electron chi connectivity index (χ4n) is 15.6. The van der Waals surface area contributed by atoms with Gasteiger partial charge in [0.15, 0.2) is 11.7 Å². The van der Waals surface area contributed by atoms with Crippen molar-refractivity contribution in [3.8, 4) is 0 Å². The monoisotopic (exact) mass is 1790 g/mol. The van der Waals surface area contributed by atoms with Gasteiger partial charge in [-0.05, 0) is 93.0 Å². The van der Waals surface area contributed by atoms with E-state index in [0.29, 0.717) is 76.3 Å². The topological polar surface area (TPSA) is 566 Å². The smallest absolute Gasteiger partial charge is 0.245 e. The lowest BCUT2D eigenvalue weighted by Gasteiger charge is -2.36. The number of Topliss-reactive ketones (excluding diaryl/α,β-unsaturated/α-hetero) is 1. The fourth-order valence-corrected chi connectivity index (χ4v) is 16.5. The van der Waals surface area contributed by atoms with E-state index in [9.17, 15) is 57.8 Å². The number of aromatic amines is 3. The lowest BCUT2D eigenvalue weighted by Crippen LogP contribution is -2.61. The van der Waals surface area contributed by atoms with Crippen molar-refractivity contribution in [2.24, 2.45) is 23.3 Å². The molecule has 15 amide bonds. The Morgan fingerprint density at radius 2 is 1.17 bits per heavy atom. The number of hydrogen-bond acceptors (Lipinski definition) is 20. The maximum absolute atomic E-state index is 15.7. The molecule has 2 aliphatic heterocycles. The van der Waals surface area contributed by atoms with Crippen molar-refractivity contribution in [1.82, 2.24) is 97.6 Å². The summed E-state index contributed by atoms with van der Waals surface area (Å²) in [7, 11) is 5.41. The van der Waals surface area contributed by atoms with Gasteiger partial charge in [-0.1, -0.05) is 120 Å². The van der Waals surface area contributed by atoms with Gasteiger partial charge in [0.25, 0.3) is 0 Å². The number of unbranched alkanes of at least 4 members (excludes halogenated alkanes) is 2.